The van der Waals surface area contributed by atoms with Crippen LogP contribution in [-0.2, 0) is 18.8 Å². The Balaban J connectivity index is 1.46. The Morgan fingerprint density at radius 1 is 0.818 bits per heavy atom. The zero-order chi connectivity index (χ0) is 31.7. The first kappa shape index (κ1) is 29.4. The Bertz CT molecular complexity index is 1960. The monoisotopic (exact) mass is 600 g/mol. The number of hydrogen-bond donors (Lipinski definition) is 2. The molecule has 0 saturated carbocycles. The Kier molecular flexibility index (Phi) is 7.75. The van der Waals surface area contributed by atoms with Gasteiger partial charge in [0.15, 0.2) is 52.1 Å². The molecule has 0 aliphatic carbocycles. The lowest BCUT2D eigenvalue weighted by Gasteiger charge is -2.06. The maximum absolute atomic E-state index is 12.3. The Morgan fingerprint density at radius 3 is 1.77 bits per heavy atom. The molecule has 0 radical (unpaired) electrons. The van der Waals surface area contributed by atoms with Gasteiger partial charge in [0.05, 0.1) is 36.0 Å². The van der Waals surface area contributed by atoms with Crippen LogP contribution in [0.5, 0.6) is 0 Å². The third kappa shape index (κ3) is 5.28. The van der Waals surface area contributed by atoms with Crippen LogP contribution in [0.15, 0.2) is 45.2 Å². The van der Waals surface area contributed by atoms with Gasteiger partial charge in [0.25, 0.3) is 0 Å². The highest BCUT2D eigenvalue weighted by Gasteiger charge is 2.21. The lowest BCUT2D eigenvalue weighted by atomic mass is 10.2. The molecular formula is C25H28N16O3. The van der Waals surface area contributed by atoms with E-state index in [4.69, 9.17) is 16.2 Å². The molecule has 19 nitrogen and oxygen atoms in total. The minimum Gasteiger partial charge on any atom is -0.462 e. The van der Waals surface area contributed by atoms with Gasteiger partial charge in [-0.25, -0.2) is 24.1 Å². The smallest absolute Gasteiger partial charge is 0.343 e. The van der Waals surface area contributed by atoms with E-state index in [9.17, 15) is 9.59 Å². The third-order valence-corrected chi connectivity index (χ3v) is 6.38. The lowest BCUT2D eigenvalue weighted by Crippen LogP contribution is -2.09. The molecule has 0 amide bonds. The number of Topliss-reactive ketones (excluding diaryl/α,β-unsaturated/α-hetero) is 1. The number of nitrogens with zero attached hydrogens (tertiary/aromatic N) is 14. The van der Waals surface area contributed by atoms with Gasteiger partial charge in [0, 0.05) is 20.2 Å². The van der Waals surface area contributed by atoms with Crippen LogP contribution in [0.2, 0.25) is 0 Å². The summed E-state index contributed by atoms with van der Waals surface area (Å²) >= 11 is 0. The summed E-state index contributed by atoms with van der Waals surface area (Å²) in [7, 11) is 3.27. The number of aromatic nitrogens is 10. The predicted molar refractivity (Wildman–Crippen MR) is 155 cm³/mol. The molecular weight excluding hydrogens is 572 g/mol. The number of carbonyl (C=O) groups excluding carboxylic acids is 2. The second-order valence-corrected chi connectivity index (χ2v) is 9.38. The van der Waals surface area contributed by atoms with E-state index in [-0.39, 0.29) is 52.6 Å². The van der Waals surface area contributed by atoms with Crippen LogP contribution >= 0.6 is 0 Å². The Hall–Kier alpha value is -6.14. The summed E-state index contributed by atoms with van der Waals surface area (Å²) in [5.41, 5.74) is 14.7. The SMILES string of the molecule is CCOC(=O)c1cnn(C)c1/N=N/c1c(C)nn(-c2cc(-n3nc(C)c(/N=N/c4c(C(C)=O)cnn4C)c3N)ncn2)c1N. The van der Waals surface area contributed by atoms with E-state index < -0.39 is 5.97 Å². The zero-order valence-corrected chi connectivity index (χ0v) is 24.7. The molecule has 5 aromatic rings. The van der Waals surface area contributed by atoms with Crippen LogP contribution in [0.1, 0.15) is 46.0 Å². The average Bonchev–Trinajstić information content (AvgIpc) is 3.71. The molecule has 5 heterocycles. The van der Waals surface area contributed by atoms with E-state index in [1.54, 1.807) is 40.9 Å². The molecule has 0 fully saturated rings. The van der Waals surface area contributed by atoms with Crippen LogP contribution in [0.3, 0.4) is 0 Å². The number of carbonyl (C=O) groups is 2. The van der Waals surface area contributed by atoms with Crippen LogP contribution < -0.4 is 11.5 Å². The number of aryl methyl sites for hydroxylation is 4. The number of nitrogen functional groups attached to an aromatic ring is 2. The molecule has 4 N–H and O–H groups in total. The molecule has 44 heavy (non-hydrogen) atoms. The number of azo groups is 2. The van der Waals surface area contributed by atoms with Crippen LogP contribution in [0.25, 0.3) is 11.6 Å². The molecule has 226 valence electrons. The number of hydrogen-bond acceptors (Lipinski definition) is 15. The van der Waals surface area contributed by atoms with Crippen molar-refractivity contribution in [3.63, 3.8) is 0 Å². The largest absolute Gasteiger partial charge is 0.462 e. The van der Waals surface area contributed by atoms with Gasteiger partial charge < -0.3 is 16.2 Å². The van der Waals surface area contributed by atoms with Gasteiger partial charge >= 0.3 is 5.97 Å². The van der Waals surface area contributed by atoms with Gasteiger partial charge in [-0.15, -0.1) is 20.5 Å². The number of ether oxygens (including phenoxy) is 1. The molecule has 0 aliphatic rings. The van der Waals surface area contributed by atoms with E-state index in [0.29, 0.717) is 28.6 Å². The first-order valence-corrected chi connectivity index (χ1v) is 13.1. The van der Waals surface area contributed by atoms with Gasteiger partial charge in [-0.1, -0.05) is 0 Å². The molecule has 0 bridgehead atoms. The summed E-state index contributed by atoms with van der Waals surface area (Å²) in [6, 6.07) is 1.57. The van der Waals surface area contributed by atoms with Gasteiger partial charge in [-0.2, -0.15) is 29.8 Å². The molecule has 5 rings (SSSR count). The molecule has 0 aromatic carbocycles. The van der Waals surface area contributed by atoms with Crippen molar-refractivity contribution in [1.82, 2.24) is 49.1 Å². The summed E-state index contributed by atoms with van der Waals surface area (Å²) in [6.45, 7) is 6.73. The standard InChI is InChI=1S/C25H28N16O3/c1-7-44-25(43)16-10-31-39(6)24(16)35-33-20-13(3)37-41(22(20)27)18-8-17(28-11-29-18)40-21(26)19(12(2)36-40)32-34-23-15(14(4)42)9-30-38(23)5/h8-11H,7,26-27H2,1-6H3/b34-32+,35-33+. The van der Waals surface area contributed by atoms with Crippen molar-refractivity contribution >= 4 is 46.4 Å². The minimum absolute atomic E-state index is 0.132. The van der Waals surface area contributed by atoms with Gasteiger partial charge in [0.2, 0.25) is 0 Å². The maximum Gasteiger partial charge on any atom is 0.343 e. The van der Waals surface area contributed by atoms with E-state index in [1.165, 1.54) is 44.4 Å². The molecule has 0 atom stereocenters. The third-order valence-electron chi connectivity index (χ3n) is 6.38. The molecule has 0 aliphatic heterocycles. The van der Waals surface area contributed by atoms with Crippen LogP contribution in [0, 0.1) is 13.8 Å². The minimum atomic E-state index is -0.570. The van der Waals surface area contributed by atoms with E-state index >= 15 is 0 Å². The molecule has 0 saturated heterocycles. The number of rotatable bonds is 9. The fourth-order valence-corrected chi connectivity index (χ4v) is 4.13. The summed E-state index contributed by atoms with van der Waals surface area (Å²) in [6.07, 6.45) is 4.08. The van der Waals surface area contributed by atoms with Crippen molar-refractivity contribution in [1.29, 1.82) is 0 Å². The summed E-state index contributed by atoms with van der Waals surface area (Å²) < 4.78 is 10.6. The fourth-order valence-electron chi connectivity index (χ4n) is 4.13. The van der Waals surface area contributed by atoms with Gasteiger partial charge in [-0.05, 0) is 27.7 Å². The number of esters is 1. The van der Waals surface area contributed by atoms with Gasteiger partial charge in [0.1, 0.15) is 11.9 Å². The van der Waals surface area contributed by atoms with Crippen molar-refractivity contribution in [2.75, 3.05) is 18.1 Å². The molecule has 0 unspecified atom stereocenters. The number of nitrogens with two attached hydrogens (primary N) is 2. The van der Waals surface area contributed by atoms with E-state index in [1.807, 2.05) is 0 Å². The highest BCUT2D eigenvalue weighted by Crippen LogP contribution is 2.33. The maximum atomic E-state index is 12.3. The Labute approximate surface area is 249 Å². The van der Waals surface area contributed by atoms with Crippen molar-refractivity contribution < 1.29 is 14.3 Å². The van der Waals surface area contributed by atoms with Crippen LogP contribution in [-0.4, -0.2) is 67.4 Å². The van der Waals surface area contributed by atoms with Crippen molar-refractivity contribution in [2.45, 2.75) is 27.7 Å². The fraction of sp³-hybridized carbons (Fsp3) is 0.280. The normalized spacial score (nSPS) is 11.7. The second-order valence-electron chi connectivity index (χ2n) is 9.38. The first-order chi connectivity index (χ1) is 21.0. The number of anilines is 2. The Morgan fingerprint density at radius 2 is 1.30 bits per heavy atom. The summed E-state index contributed by atoms with van der Waals surface area (Å²) in [4.78, 5) is 32.8. The average molecular weight is 601 g/mol. The van der Waals surface area contributed by atoms with Gasteiger partial charge in [-0.3, -0.25) is 4.79 Å². The van der Waals surface area contributed by atoms with Crippen molar-refractivity contribution in [3.05, 3.63) is 47.3 Å². The highest BCUT2D eigenvalue weighted by molar-refractivity contribution is 5.98. The molecule has 0 spiro atoms. The topological polar surface area (TPSA) is 242 Å². The first-order valence-electron chi connectivity index (χ1n) is 13.1. The van der Waals surface area contributed by atoms with E-state index in [2.05, 4.69) is 50.8 Å². The lowest BCUT2D eigenvalue weighted by molar-refractivity contribution is 0.0527. The predicted octanol–water partition coefficient (Wildman–Crippen LogP) is 3.31. The zero-order valence-electron chi connectivity index (χ0n) is 24.7. The van der Waals surface area contributed by atoms with E-state index in [0.717, 1.165) is 0 Å². The number of ketones is 1. The van der Waals surface area contributed by atoms with Crippen LogP contribution in [0.4, 0.5) is 34.6 Å². The molecule has 19 heteroatoms. The second kappa shape index (κ2) is 11.6. The van der Waals surface area contributed by atoms with Crippen molar-refractivity contribution in [3.8, 4) is 11.6 Å². The highest BCUT2D eigenvalue weighted by atomic mass is 16.5. The molecule has 5 aromatic heterocycles. The van der Waals surface area contributed by atoms with Crippen molar-refractivity contribution in [2.24, 2.45) is 34.6 Å². The quantitative estimate of drug-likeness (QED) is 0.141. The summed E-state index contributed by atoms with van der Waals surface area (Å²) in [5.74, 6) is 0.579. The summed E-state index contributed by atoms with van der Waals surface area (Å²) in [5, 5.41) is 33.9.